The molecule has 2 fully saturated rings. The number of ether oxygens (including phenoxy) is 1. The molecule has 1 saturated heterocycles. The second-order valence-electron chi connectivity index (χ2n) is 11.0. The minimum absolute atomic E-state index is 0.0399. The van der Waals surface area contributed by atoms with Crippen molar-refractivity contribution in [3.63, 3.8) is 0 Å². The highest BCUT2D eigenvalue weighted by Gasteiger charge is 2.48. The molecule has 1 amide bonds. The number of benzene rings is 2. The number of aromatic nitrogens is 2. The number of hydrogen-bond acceptors (Lipinski definition) is 7. The molecule has 3 aromatic rings. The summed E-state index contributed by atoms with van der Waals surface area (Å²) >= 11 is 1.37. The van der Waals surface area contributed by atoms with Crippen LogP contribution in [-0.2, 0) is 15.0 Å². The third-order valence-electron chi connectivity index (χ3n) is 7.49. The largest absolute Gasteiger partial charge is 0.507 e. The lowest BCUT2D eigenvalue weighted by atomic mass is 9.85. The number of nitrogens with zero attached hydrogens (tertiary/aromatic N) is 3. The van der Waals surface area contributed by atoms with Crippen LogP contribution in [0.3, 0.4) is 0 Å². The molecule has 2 heterocycles. The molecule has 2 aromatic carbocycles. The second kappa shape index (κ2) is 10.3. The molecule has 0 radical (unpaired) electrons. The fourth-order valence-corrected chi connectivity index (χ4v) is 6.29. The molecule has 5 rings (SSSR count). The molecule has 1 aliphatic heterocycles. The molecule has 1 aromatic heterocycles. The van der Waals surface area contributed by atoms with E-state index in [1.807, 2.05) is 24.3 Å². The van der Waals surface area contributed by atoms with Crippen molar-refractivity contribution < 1.29 is 19.4 Å². The summed E-state index contributed by atoms with van der Waals surface area (Å²) in [6, 6.07) is 13.8. The Morgan fingerprint density at radius 3 is 2.24 bits per heavy atom. The number of aliphatic hydroxyl groups excluding tert-OH is 1. The second-order valence-corrected chi connectivity index (χ2v) is 12.0. The summed E-state index contributed by atoms with van der Waals surface area (Å²) in [7, 11) is 1.56. The quantitative estimate of drug-likeness (QED) is 0.229. The van der Waals surface area contributed by atoms with Gasteiger partial charge in [-0.2, -0.15) is 0 Å². The first-order valence-electron chi connectivity index (χ1n) is 13.1. The molecular weight excluding hydrogens is 498 g/mol. The van der Waals surface area contributed by atoms with Crippen LogP contribution in [0.2, 0.25) is 0 Å². The molecule has 0 spiro atoms. The summed E-state index contributed by atoms with van der Waals surface area (Å²) in [6.45, 7) is 6.39. The maximum absolute atomic E-state index is 13.5. The highest BCUT2D eigenvalue weighted by atomic mass is 32.1. The number of carbonyl (C=O) groups excluding carboxylic acids is 2. The lowest BCUT2D eigenvalue weighted by molar-refractivity contribution is -0.132. The van der Waals surface area contributed by atoms with Crippen molar-refractivity contribution in [3.8, 4) is 5.75 Å². The van der Waals surface area contributed by atoms with E-state index in [1.54, 1.807) is 31.4 Å². The van der Waals surface area contributed by atoms with Gasteiger partial charge in [-0.05, 0) is 53.6 Å². The lowest BCUT2D eigenvalue weighted by Gasteiger charge is -2.24. The number of anilines is 1. The Hall–Kier alpha value is -3.52. The monoisotopic (exact) mass is 531 g/mol. The van der Waals surface area contributed by atoms with E-state index in [9.17, 15) is 14.7 Å². The average Bonchev–Trinajstić information content (AvgIpc) is 3.51. The van der Waals surface area contributed by atoms with Gasteiger partial charge in [0.05, 0.1) is 18.7 Å². The topological polar surface area (TPSA) is 92.6 Å². The van der Waals surface area contributed by atoms with Gasteiger partial charge >= 0.3 is 5.91 Å². The standard InChI is InChI=1S/C30H33N3O4S/c1-30(2,3)21-14-10-18(11-15-21)24-23(25(34)19-12-16-22(37-4)17-13-19)26(35)28(36)33(24)29-32-31-27(38-29)20-8-6-5-7-9-20/h10-17,20,24,34H,5-9H2,1-4H3. The molecule has 2 aliphatic rings. The van der Waals surface area contributed by atoms with E-state index in [4.69, 9.17) is 4.74 Å². The minimum Gasteiger partial charge on any atom is -0.507 e. The zero-order chi connectivity index (χ0) is 27.0. The van der Waals surface area contributed by atoms with Crippen LogP contribution in [-0.4, -0.2) is 34.1 Å². The summed E-state index contributed by atoms with van der Waals surface area (Å²) in [5.74, 6) is -0.722. The first kappa shape index (κ1) is 26.1. The highest BCUT2D eigenvalue weighted by Crippen LogP contribution is 2.45. The van der Waals surface area contributed by atoms with Gasteiger partial charge < -0.3 is 9.84 Å². The van der Waals surface area contributed by atoms with E-state index in [0.29, 0.717) is 22.4 Å². The number of rotatable bonds is 5. The van der Waals surface area contributed by atoms with Crippen LogP contribution in [0.15, 0.2) is 54.1 Å². The van der Waals surface area contributed by atoms with Crippen LogP contribution >= 0.6 is 11.3 Å². The van der Waals surface area contributed by atoms with Gasteiger partial charge in [0.1, 0.15) is 16.5 Å². The number of Topliss-reactive ketones (excluding diaryl/α,β-unsaturated/α-hetero) is 1. The molecule has 1 atom stereocenters. The molecule has 0 bridgehead atoms. The van der Waals surface area contributed by atoms with Gasteiger partial charge in [0.25, 0.3) is 5.78 Å². The van der Waals surface area contributed by atoms with Gasteiger partial charge in [-0.1, -0.05) is 75.6 Å². The predicted octanol–water partition coefficient (Wildman–Crippen LogP) is 6.52. The van der Waals surface area contributed by atoms with Crippen LogP contribution in [0.4, 0.5) is 5.13 Å². The molecule has 38 heavy (non-hydrogen) atoms. The Labute approximate surface area is 227 Å². The lowest BCUT2D eigenvalue weighted by Crippen LogP contribution is -2.29. The van der Waals surface area contributed by atoms with E-state index in [1.165, 1.54) is 22.7 Å². The van der Waals surface area contributed by atoms with Crippen molar-refractivity contribution in [3.05, 3.63) is 75.8 Å². The predicted molar refractivity (Wildman–Crippen MR) is 149 cm³/mol. The maximum Gasteiger partial charge on any atom is 0.301 e. The van der Waals surface area contributed by atoms with Crippen molar-refractivity contribution in [2.24, 2.45) is 0 Å². The fraction of sp³-hybridized carbons (Fsp3) is 0.400. The average molecular weight is 532 g/mol. The minimum atomic E-state index is -0.821. The third kappa shape index (κ3) is 4.85. The van der Waals surface area contributed by atoms with Gasteiger partial charge in [-0.25, -0.2) is 0 Å². The number of hydrogen-bond donors (Lipinski definition) is 1. The molecule has 1 saturated carbocycles. The highest BCUT2D eigenvalue weighted by molar-refractivity contribution is 7.15. The normalized spacial score (nSPS) is 20.2. The van der Waals surface area contributed by atoms with Crippen molar-refractivity contribution in [1.82, 2.24) is 10.2 Å². The zero-order valence-corrected chi connectivity index (χ0v) is 23.0. The summed E-state index contributed by atoms with van der Waals surface area (Å²) < 4.78 is 5.23. The van der Waals surface area contributed by atoms with Gasteiger partial charge in [0, 0.05) is 11.5 Å². The van der Waals surface area contributed by atoms with E-state index >= 15 is 0 Å². The van der Waals surface area contributed by atoms with Gasteiger partial charge in [-0.3, -0.25) is 14.5 Å². The van der Waals surface area contributed by atoms with E-state index in [-0.39, 0.29) is 16.7 Å². The summed E-state index contributed by atoms with van der Waals surface area (Å²) in [6.07, 6.45) is 5.66. The van der Waals surface area contributed by atoms with Crippen molar-refractivity contribution in [2.45, 2.75) is 70.3 Å². The molecule has 1 N–H and O–H groups in total. The Bertz CT molecular complexity index is 1360. The maximum atomic E-state index is 13.5. The number of aliphatic hydroxyl groups is 1. The van der Waals surface area contributed by atoms with Gasteiger partial charge in [0.2, 0.25) is 5.13 Å². The molecular formula is C30H33N3O4S. The van der Waals surface area contributed by atoms with Crippen LogP contribution in [0.5, 0.6) is 5.75 Å². The Morgan fingerprint density at radius 1 is 0.974 bits per heavy atom. The first-order chi connectivity index (χ1) is 18.2. The first-order valence-corrected chi connectivity index (χ1v) is 13.9. The molecule has 1 unspecified atom stereocenters. The Balaban J connectivity index is 1.62. The summed E-state index contributed by atoms with van der Waals surface area (Å²) in [5.41, 5.74) is 2.27. The smallest absolute Gasteiger partial charge is 0.301 e. The Morgan fingerprint density at radius 2 is 1.63 bits per heavy atom. The zero-order valence-electron chi connectivity index (χ0n) is 22.2. The van der Waals surface area contributed by atoms with Crippen LogP contribution in [0.25, 0.3) is 5.76 Å². The molecule has 7 nitrogen and oxygen atoms in total. The third-order valence-corrected chi connectivity index (χ3v) is 8.58. The number of carbonyl (C=O) groups is 2. The van der Waals surface area contributed by atoms with E-state index in [0.717, 1.165) is 41.8 Å². The van der Waals surface area contributed by atoms with Crippen LogP contribution in [0.1, 0.15) is 86.5 Å². The summed E-state index contributed by atoms with van der Waals surface area (Å²) in [4.78, 5) is 28.4. The molecule has 198 valence electrons. The molecule has 8 heteroatoms. The van der Waals surface area contributed by atoms with Crippen molar-refractivity contribution in [1.29, 1.82) is 0 Å². The van der Waals surface area contributed by atoms with Crippen LogP contribution < -0.4 is 9.64 Å². The Kier molecular flexibility index (Phi) is 7.09. The van der Waals surface area contributed by atoms with Crippen LogP contribution in [0, 0.1) is 0 Å². The number of ketones is 1. The SMILES string of the molecule is COc1ccc(C(O)=C2C(=O)C(=O)N(c3nnc(C4CCCCC4)s3)C2c2ccc(C(C)(C)C)cc2)cc1. The van der Waals surface area contributed by atoms with Crippen molar-refractivity contribution >= 4 is 33.9 Å². The van der Waals surface area contributed by atoms with E-state index < -0.39 is 17.7 Å². The fourth-order valence-electron chi connectivity index (χ4n) is 5.25. The number of amides is 1. The van der Waals surface area contributed by atoms with Gasteiger partial charge in [-0.15, -0.1) is 10.2 Å². The van der Waals surface area contributed by atoms with Gasteiger partial charge in [0.15, 0.2) is 0 Å². The van der Waals surface area contributed by atoms with Crippen molar-refractivity contribution in [2.75, 3.05) is 12.0 Å². The number of methoxy groups -OCH3 is 1. The summed E-state index contributed by atoms with van der Waals surface area (Å²) in [5, 5.41) is 21.5. The molecule has 1 aliphatic carbocycles. The van der Waals surface area contributed by atoms with E-state index in [2.05, 4.69) is 31.0 Å².